The average Bonchev–Trinajstić information content (AvgIpc) is 2.49. The molecule has 1 aromatic rings. The Kier molecular flexibility index (Phi) is 5.59. The number of carbonyl (C=O) groups is 1. The summed E-state index contributed by atoms with van der Waals surface area (Å²) >= 11 is 0. The number of nitrogens with zero attached hydrogens (tertiary/aromatic N) is 1. The summed E-state index contributed by atoms with van der Waals surface area (Å²) in [6.07, 6.45) is 1.94. The molecule has 0 unspecified atom stereocenters. The molecule has 1 aliphatic heterocycles. The molecule has 0 saturated carbocycles. The van der Waals surface area contributed by atoms with Crippen molar-refractivity contribution in [1.82, 2.24) is 10.2 Å². The topological polar surface area (TPSA) is 67.6 Å². The van der Waals surface area contributed by atoms with Gasteiger partial charge in [0.1, 0.15) is 5.75 Å². The first kappa shape index (κ1) is 15.8. The Hall–Kier alpha value is -1.59. The zero-order valence-corrected chi connectivity index (χ0v) is 12.8. The number of methoxy groups -OCH3 is 1. The number of carbonyl (C=O) groups excluding carboxylic acids is 1. The van der Waals surface area contributed by atoms with Gasteiger partial charge in [0, 0.05) is 19.1 Å². The summed E-state index contributed by atoms with van der Waals surface area (Å²) in [6, 6.07) is 8.04. The summed E-state index contributed by atoms with van der Waals surface area (Å²) in [4.78, 5) is 14.3. The zero-order chi connectivity index (χ0) is 15.2. The molecule has 21 heavy (non-hydrogen) atoms. The van der Waals surface area contributed by atoms with Crippen molar-refractivity contribution in [3.8, 4) is 5.75 Å². The maximum absolute atomic E-state index is 12.1. The molecule has 5 heteroatoms. The van der Waals surface area contributed by atoms with Crippen LogP contribution in [0.25, 0.3) is 0 Å². The molecule has 1 fully saturated rings. The molecule has 1 aliphatic rings. The number of piperidine rings is 1. The number of amides is 1. The Morgan fingerprint density at radius 1 is 1.48 bits per heavy atom. The van der Waals surface area contributed by atoms with E-state index in [0.717, 1.165) is 37.2 Å². The fourth-order valence-electron chi connectivity index (χ4n) is 2.60. The second-order valence-electron chi connectivity index (χ2n) is 5.68. The second kappa shape index (κ2) is 7.43. The number of benzene rings is 1. The van der Waals surface area contributed by atoms with Gasteiger partial charge < -0.3 is 15.8 Å². The van der Waals surface area contributed by atoms with Crippen LogP contribution in [0.15, 0.2) is 24.3 Å². The third-order valence-electron chi connectivity index (χ3n) is 3.97. The van der Waals surface area contributed by atoms with Crippen LogP contribution in [0.4, 0.5) is 0 Å². The summed E-state index contributed by atoms with van der Waals surface area (Å²) in [5.74, 6) is 0.861. The molecule has 1 atom stereocenters. The van der Waals surface area contributed by atoms with Gasteiger partial charge in [0.2, 0.25) is 5.91 Å². The molecule has 1 amide bonds. The minimum absolute atomic E-state index is 0.0281. The number of likely N-dealkylation sites (tertiary alicyclic amines) is 1. The SMILES string of the molecule is COc1cccc([C@@H](C)NC(=O)CN2CCC(N)CC2)c1. The minimum atomic E-state index is -0.0281. The van der Waals surface area contributed by atoms with Gasteiger partial charge in [0.05, 0.1) is 19.7 Å². The van der Waals surface area contributed by atoms with Crippen LogP contribution in [-0.2, 0) is 4.79 Å². The standard InChI is InChI=1S/C16H25N3O2/c1-12(13-4-3-5-15(10-13)21-2)18-16(20)11-19-8-6-14(17)7-9-19/h3-5,10,12,14H,6-9,11,17H2,1-2H3,(H,18,20)/t12-/m1/s1. The quantitative estimate of drug-likeness (QED) is 0.858. The summed E-state index contributed by atoms with van der Waals surface area (Å²) in [7, 11) is 1.64. The Morgan fingerprint density at radius 3 is 2.86 bits per heavy atom. The molecule has 1 heterocycles. The number of hydrogen-bond acceptors (Lipinski definition) is 4. The van der Waals surface area contributed by atoms with E-state index in [9.17, 15) is 4.79 Å². The lowest BCUT2D eigenvalue weighted by Crippen LogP contribution is -2.44. The fraction of sp³-hybridized carbons (Fsp3) is 0.562. The molecule has 2 rings (SSSR count). The molecule has 1 aromatic carbocycles. The summed E-state index contributed by atoms with van der Waals surface area (Å²) in [5, 5.41) is 3.04. The monoisotopic (exact) mass is 291 g/mol. The molecule has 0 bridgehead atoms. The van der Waals surface area contributed by atoms with Gasteiger partial charge in [0.25, 0.3) is 0 Å². The Morgan fingerprint density at radius 2 is 2.19 bits per heavy atom. The van der Waals surface area contributed by atoms with Crippen LogP contribution >= 0.6 is 0 Å². The van der Waals surface area contributed by atoms with Crippen LogP contribution in [0.5, 0.6) is 5.75 Å². The zero-order valence-electron chi connectivity index (χ0n) is 12.8. The van der Waals surface area contributed by atoms with E-state index in [4.69, 9.17) is 10.5 Å². The molecule has 0 aliphatic carbocycles. The van der Waals surface area contributed by atoms with E-state index in [0.29, 0.717) is 12.6 Å². The molecule has 0 aromatic heterocycles. The first-order chi connectivity index (χ1) is 10.1. The smallest absolute Gasteiger partial charge is 0.234 e. The number of nitrogens with two attached hydrogens (primary N) is 1. The van der Waals surface area contributed by atoms with Crippen molar-refractivity contribution in [3.05, 3.63) is 29.8 Å². The van der Waals surface area contributed by atoms with Gasteiger partial charge in [-0.1, -0.05) is 12.1 Å². The van der Waals surface area contributed by atoms with Gasteiger partial charge in [-0.25, -0.2) is 0 Å². The molecule has 5 nitrogen and oxygen atoms in total. The third-order valence-corrected chi connectivity index (χ3v) is 3.97. The van der Waals surface area contributed by atoms with E-state index >= 15 is 0 Å². The van der Waals surface area contributed by atoms with E-state index in [1.807, 2.05) is 31.2 Å². The largest absolute Gasteiger partial charge is 0.497 e. The molecule has 3 N–H and O–H groups in total. The summed E-state index contributed by atoms with van der Waals surface area (Å²) in [5.41, 5.74) is 6.92. The highest BCUT2D eigenvalue weighted by molar-refractivity contribution is 5.78. The maximum atomic E-state index is 12.1. The second-order valence-corrected chi connectivity index (χ2v) is 5.68. The first-order valence-electron chi connectivity index (χ1n) is 7.49. The molecule has 0 radical (unpaired) electrons. The van der Waals surface area contributed by atoms with Crippen LogP contribution in [0.1, 0.15) is 31.4 Å². The highest BCUT2D eigenvalue weighted by atomic mass is 16.5. The van der Waals surface area contributed by atoms with E-state index in [2.05, 4.69) is 10.2 Å². The van der Waals surface area contributed by atoms with Crippen LogP contribution in [0, 0.1) is 0 Å². The van der Waals surface area contributed by atoms with Crippen LogP contribution < -0.4 is 15.8 Å². The van der Waals surface area contributed by atoms with Crippen molar-refractivity contribution >= 4 is 5.91 Å². The van der Waals surface area contributed by atoms with Crippen molar-refractivity contribution in [2.24, 2.45) is 5.73 Å². The predicted octanol–water partition coefficient (Wildman–Crippen LogP) is 1.30. The molecule has 0 spiro atoms. The molecular weight excluding hydrogens is 266 g/mol. The van der Waals surface area contributed by atoms with Crippen molar-refractivity contribution in [3.63, 3.8) is 0 Å². The van der Waals surface area contributed by atoms with Gasteiger partial charge in [-0.3, -0.25) is 9.69 Å². The van der Waals surface area contributed by atoms with Crippen molar-refractivity contribution in [2.75, 3.05) is 26.7 Å². The number of hydrogen-bond donors (Lipinski definition) is 2. The Bertz CT molecular complexity index is 470. The minimum Gasteiger partial charge on any atom is -0.497 e. The van der Waals surface area contributed by atoms with Gasteiger partial charge in [-0.2, -0.15) is 0 Å². The van der Waals surface area contributed by atoms with Gasteiger partial charge in [-0.15, -0.1) is 0 Å². The predicted molar refractivity (Wildman–Crippen MR) is 83.2 cm³/mol. The van der Waals surface area contributed by atoms with Gasteiger partial charge in [0.15, 0.2) is 0 Å². The van der Waals surface area contributed by atoms with E-state index < -0.39 is 0 Å². The van der Waals surface area contributed by atoms with Crippen molar-refractivity contribution < 1.29 is 9.53 Å². The normalized spacial score (nSPS) is 18.2. The Labute approximate surface area is 126 Å². The Balaban J connectivity index is 1.84. The lowest BCUT2D eigenvalue weighted by Gasteiger charge is -2.29. The third kappa shape index (κ3) is 4.72. The first-order valence-corrected chi connectivity index (χ1v) is 7.49. The van der Waals surface area contributed by atoms with Crippen LogP contribution in [0.2, 0.25) is 0 Å². The average molecular weight is 291 g/mol. The lowest BCUT2D eigenvalue weighted by molar-refractivity contribution is -0.123. The van der Waals surface area contributed by atoms with Crippen molar-refractivity contribution in [1.29, 1.82) is 0 Å². The van der Waals surface area contributed by atoms with E-state index in [1.54, 1.807) is 7.11 Å². The number of nitrogens with one attached hydrogen (secondary N) is 1. The van der Waals surface area contributed by atoms with Crippen molar-refractivity contribution in [2.45, 2.75) is 31.8 Å². The van der Waals surface area contributed by atoms with E-state index in [1.165, 1.54) is 0 Å². The molecule has 116 valence electrons. The van der Waals surface area contributed by atoms with Gasteiger partial charge in [-0.05, 0) is 37.5 Å². The lowest BCUT2D eigenvalue weighted by atomic mass is 10.1. The summed E-state index contributed by atoms with van der Waals surface area (Å²) < 4.78 is 5.21. The number of ether oxygens (including phenoxy) is 1. The van der Waals surface area contributed by atoms with E-state index in [-0.39, 0.29) is 11.9 Å². The highest BCUT2D eigenvalue weighted by Crippen LogP contribution is 2.18. The molecular formula is C16H25N3O2. The highest BCUT2D eigenvalue weighted by Gasteiger charge is 2.19. The summed E-state index contributed by atoms with van der Waals surface area (Å²) in [6.45, 7) is 4.24. The maximum Gasteiger partial charge on any atom is 0.234 e. The fourth-order valence-corrected chi connectivity index (χ4v) is 2.60. The van der Waals surface area contributed by atoms with Crippen LogP contribution in [-0.4, -0.2) is 43.6 Å². The van der Waals surface area contributed by atoms with Gasteiger partial charge >= 0.3 is 0 Å². The number of rotatable bonds is 5. The molecule has 1 saturated heterocycles. The van der Waals surface area contributed by atoms with Crippen LogP contribution in [0.3, 0.4) is 0 Å².